The number of amides is 2. The number of aryl methyl sites for hydroxylation is 2. The van der Waals surface area contributed by atoms with Crippen LogP contribution in [0.4, 0.5) is 5.69 Å². The van der Waals surface area contributed by atoms with Crippen molar-refractivity contribution in [1.82, 2.24) is 10.2 Å². The van der Waals surface area contributed by atoms with Crippen LogP contribution in [0.5, 0.6) is 5.75 Å². The average Bonchev–Trinajstić information content (AvgIpc) is 2.88. The lowest BCUT2D eigenvalue weighted by atomic mass is 10.1. The molecular weight excluding hydrogens is 502 g/mol. The molecule has 0 aromatic heterocycles. The maximum Gasteiger partial charge on any atom is 0.242 e. The van der Waals surface area contributed by atoms with Crippen molar-refractivity contribution in [2.75, 3.05) is 30.8 Å². The Bertz CT molecular complexity index is 1170. The van der Waals surface area contributed by atoms with Crippen molar-refractivity contribution in [2.24, 2.45) is 0 Å². The molecule has 0 aliphatic carbocycles. The highest BCUT2D eigenvalue weighted by atomic mass is 32.2. The Balaban J connectivity index is 2.21. The topological polar surface area (TPSA) is 96.0 Å². The van der Waals surface area contributed by atoms with E-state index in [0.717, 1.165) is 29.5 Å². The van der Waals surface area contributed by atoms with Crippen LogP contribution in [0.2, 0.25) is 0 Å². The number of sulfonamides is 1. The molecule has 0 heterocycles. The summed E-state index contributed by atoms with van der Waals surface area (Å²) in [4.78, 5) is 28.2. The van der Waals surface area contributed by atoms with Crippen molar-refractivity contribution in [3.8, 4) is 5.75 Å². The second kappa shape index (κ2) is 14.8. The van der Waals surface area contributed by atoms with Gasteiger partial charge in [0.05, 0.1) is 19.1 Å². The molecule has 2 aromatic rings. The monoisotopic (exact) mass is 545 g/mol. The van der Waals surface area contributed by atoms with E-state index in [9.17, 15) is 18.0 Å². The number of hydrogen-bond donors (Lipinski definition) is 1. The van der Waals surface area contributed by atoms with Gasteiger partial charge in [0.15, 0.2) is 0 Å². The number of hydrogen-bond acceptors (Lipinski definition) is 5. The van der Waals surface area contributed by atoms with Crippen LogP contribution in [-0.4, -0.2) is 57.6 Å². The fraction of sp³-hybridized carbons (Fsp3) is 0.517. The average molecular weight is 546 g/mol. The highest BCUT2D eigenvalue weighted by Gasteiger charge is 2.28. The Morgan fingerprint density at radius 3 is 2.24 bits per heavy atom. The van der Waals surface area contributed by atoms with Gasteiger partial charge in [0.25, 0.3) is 0 Å². The molecule has 0 saturated carbocycles. The van der Waals surface area contributed by atoms with Crippen molar-refractivity contribution in [2.45, 2.75) is 72.4 Å². The van der Waals surface area contributed by atoms with Gasteiger partial charge >= 0.3 is 0 Å². The molecule has 2 aromatic carbocycles. The predicted octanol–water partition coefficient (Wildman–Crippen LogP) is 4.58. The highest BCUT2D eigenvalue weighted by molar-refractivity contribution is 7.92. The van der Waals surface area contributed by atoms with Crippen LogP contribution in [0, 0.1) is 13.8 Å². The summed E-state index contributed by atoms with van der Waals surface area (Å²) in [6.45, 7) is 8.87. The number of nitrogens with one attached hydrogen (secondary N) is 1. The zero-order chi connectivity index (χ0) is 28.3. The number of carbonyl (C=O) groups excluding carboxylic acids is 2. The normalized spacial score (nSPS) is 12.1. The van der Waals surface area contributed by atoms with Gasteiger partial charge < -0.3 is 15.0 Å². The van der Waals surface area contributed by atoms with E-state index in [1.165, 1.54) is 10.6 Å². The third-order valence-electron chi connectivity index (χ3n) is 6.66. The van der Waals surface area contributed by atoms with Gasteiger partial charge in [-0.25, -0.2) is 8.42 Å². The van der Waals surface area contributed by atoms with E-state index >= 15 is 0 Å². The van der Waals surface area contributed by atoms with Crippen molar-refractivity contribution in [3.05, 3.63) is 59.2 Å². The summed E-state index contributed by atoms with van der Waals surface area (Å²) in [5.41, 5.74) is 3.54. The molecule has 0 fully saturated rings. The summed E-state index contributed by atoms with van der Waals surface area (Å²) in [6.07, 6.45) is 3.92. The molecule has 1 unspecified atom stereocenters. The number of anilines is 1. The molecule has 38 heavy (non-hydrogen) atoms. The maximum absolute atomic E-state index is 13.5. The predicted molar refractivity (Wildman–Crippen MR) is 153 cm³/mol. The van der Waals surface area contributed by atoms with Crippen LogP contribution in [0.15, 0.2) is 42.5 Å². The molecule has 0 radical (unpaired) electrons. The smallest absolute Gasteiger partial charge is 0.242 e. The van der Waals surface area contributed by atoms with Gasteiger partial charge in [0.2, 0.25) is 21.8 Å². The Labute approximate surface area is 228 Å². The Morgan fingerprint density at radius 2 is 1.68 bits per heavy atom. The first-order valence-electron chi connectivity index (χ1n) is 13.3. The largest absolute Gasteiger partial charge is 0.497 e. The van der Waals surface area contributed by atoms with Gasteiger partial charge in [0.1, 0.15) is 11.8 Å². The molecule has 0 spiro atoms. The second-order valence-corrected chi connectivity index (χ2v) is 11.6. The lowest BCUT2D eigenvalue weighted by molar-refractivity contribution is -0.141. The van der Waals surface area contributed by atoms with Crippen LogP contribution >= 0.6 is 0 Å². The SMILES string of the molecule is CCCCNC(=O)C(CC)N(Cc1ccc(OC)cc1)C(=O)CCCN(c1ccc(C)c(C)c1)S(C)(=O)=O. The standard InChI is InChI=1S/C29H43N3O5S/c1-7-9-18-30-29(34)27(8-2)31(21-24-13-16-26(37-5)17-14-24)28(33)11-10-19-32(38(6,35)36)25-15-12-22(3)23(4)20-25/h12-17,20,27H,7-11,18-19,21H2,1-6H3,(H,30,34). The van der Waals surface area contributed by atoms with Gasteiger partial charge in [-0.3, -0.25) is 13.9 Å². The first-order valence-corrected chi connectivity index (χ1v) is 15.1. The maximum atomic E-state index is 13.5. The van der Waals surface area contributed by atoms with Crippen molar-refractivity contribution < 1.29 is 22.7 Å². The van der Waals surface area contributed by atoms with Crippen LogP contribution in [0.25, 0.3) is 0 Å². The first kappa shape index (κ1) is 31.1. The fourth-order valence-electron chi connectivity index (χ4n) is 4.24. The number of carbonyl (C=O) groups is 2. The van der Waals surface area contributed by atoms with Crippen molar-refractivity contribution >= 4 is 27.5 Å². The molecule has 0 bridgehead atoms. The zero-order valence-electron chi connectivity index (χ0n) is 23.6. The summed E-state index contributed by atoms with van der Waals surface area (Å²) in [7, 11) is -1.94. The lowest BCUT2D eigenvalue weighted by Crippen LogP contribution is -2.49. The molecule has 210 valence electrons. The molecular formula is C29H43N3O5S. The number of unbranched alkanes of at least 4 members (excludes halogenated alkanes) is 1. The van der Waals surface area contributed by atoms with Crippen molar-refractivity contribution in [1.29, 1.82) is 0 Å². The minimum absolute atomic E-state index is 0.117. The third kappa shape index (κ3) is 9.04. The third-order valence-corrected chi connectivity index (χ3v) is 7.85. The molecule has 2 amide bonds. The quantitative estimate of drug-likeness (QED) is 0.331. The molecule has 0 saturated heterocycles. The van der Waals surface area contributed by atoms with Crippen LogP contribution in [0.3, 0.4) is 0 Å². The van der Waals surface area contributed by atoms with Crippen LogP contribution in [-0.2, 0) is 26.2 Å². The van der Waals surface area contributed by atoms with E-state index in [2.05, 4.69) is 12.2 Å². The number of methoxy groups -OCH3 is 1. The van der Waals surface area contributed by atoms with Gasteiger partial charge in [-0.2, -0.15) is 0 Å². The van der Waals surface area contributed by atoms with Gasteiger partial charge in [0, 0.05) is 26.1 Å². The molecule has 0 aliphatic rings. The summed E-state index contributed by atoms with van der Waals surface area (Å²) in [6, 6.07) is 12.3. The minimum atomic E-state index is -3.54. The summed E-state index contributed by atoms with van der Waals surface area (Å²) in [5.74, 6) is 0.353. The molecule has 0 aliphatic heterocycles. The molecule has 1 N–H and O–H groups in total. The van der Waals surface area contributed by atoms with Gasteiger partial charge in [-0.15, -0.1) is 0 Å². The summed E-state index contributed by atoms with van der Waals surface area (Å²) < 4.78 is 31.7. The lowest BCUT2D eigenvalue weighted by Gasteiger charge is -2.31. The van der Waals surface area contributed by atoms with E-state index in [4.69, 9.17) is 4.74 Å². The molecule has 8 nitrogen and oxygen atoms in total. The minimum Gasteiger partial charge on any atom is -0.497 e. The highest BCUT2D eigenvalue weighted by Crippen LogP contribution is 2.23. The van der Waals surface area contributed by atoms with E-state index in [1.807, 2.05) is 57.2 Å². The number of ether oxygens (including phenoxy) is 1. The van der Waals surface area contributed by atoms with Crippen LogP contribution in [0.1, 0.15) is 62.6 Å². The van der Waals surface area contributed by atoms with E-state index in [0.29, 0.717) is 30.8 Å². The Kier molecular flexibility index (Phi) is 12.1. The zero-order valence-corrected chi connectivity index (χ0v) is 24.4. The number of rotatable bonds is 15. The first-order chi connectivity index (χ1) is 18.0. The fourth-order valence-corrected chi connectivity index (χ4v) is 5.20. The molecule has 2 rings (SSSR count). The van der Waals surface area contributed by atoms with E-state index in [-0.39, 0.29) is 31.3 Å². The summed E-state index contributed by atoms with van der Waals surface area (Å²) in [5, 5.41) is 2.96. The van der Waals surface area contributed by atoms with Gasteiger partial charge in [-0.05, 0) is 74.1 Å². The van der Waals surface area contributed by atoms with Crippen LogP contribution < -0.4 is 14.4 Å². The van der Waals surface area contributed by atoms with E-state index < -0.39 is 16.1 Å². The van der Waals surface area contributed by atoms with Crippen molar-refractivity contribution in [3.63, 3.8) is 0 Å². The molecule has 9 heteroatoms. The number of benzene rings is 2. The van der Waals surface area contributed by atoms with Gasteiger partial charge in [-0.1, -0.05) is 38.5 Å². The Hall–Kier alpha value is -3.07. The summed E-state index contributed by atoms with van der Waals surface area (Å²) >= 11 is 0. The number of nitrogens with zero attached hydrogens (tertiary/aromatic N) is 2. The molecule has 1 atom stereocenters. The Morgan fingerprint density at radius 1 is 1.00 bits per heavy atom. The van der Waals surface area contributed by atoms with E-state index in [1.54, 1.807) is 18.1 Å². The second-order valence-electron chi connectivity index (χ2n) is 9.65.